The highest BCUT2D eigenvalue weighted by molar-refractivity contribution is 5.90. The van der Waals surface area contributed by atoms with Gasteiger partial charge in [0.2, 0.25) is 0 Å². The quantitative estimate of drug-likeness (QED) is 0.122. The predicted molar refractivity (Wildman–Crippen MR) is 166 cm³/mol. The van der Waals surface area contributed by atoms with E-state index >= 15 is 0 Å². The highest BCUT2D eigenvalue weighted by atomic mass is 19.4. The van der Waals surface area contributed by atoms with Crippen molar-refractivity contribution in [1.29, 1.82) is 0 Å². The van der Waals surface area contributed by atoms with Gasteiger partial charge in [0.15, 0.2) is 11.9 Å². The van der Waals surface area contributed by atoms with Crippen LogP contribution >= 0.6 is 0 Å². The maximum Gasteiger partial charge on any atom is 0.425 e. The van der Waals surface area contributed by atoms with Crippen LogP contribution in [0.1, 0.15) is 113 Å². The van der Waals surface area contributed by atoms with Gasteiger partial charge in [0.05, 0.1) is 5.56 Å². The van der Waals surface area contributed by atoms with Crippen LogP contribution in [0.15, 0.2) is 60.9 Å². The zero-order valence-corrected chi connectivity index (χ0v) is 25.4. The van der Waals surface area contributed by atoms with Crippen molar-refractivity contribution in [3.05, 3.63) is 72.1 Å². The second-order valence-corrected chi connectivity index (χ2v) is 12.0. The Morgan fingerprint density at radius 2 is 1.44 bits per heavy atom. The molecule has 0 unspecified atom stereocenters. The summed E-state index contributed by atoms with van der Waals surface area (Å²) in [7, 11) is 0. The predicted octanol–water partition coefficient (Wildman–Crippen LogP) is 10.6. The number of ether oxygens (including phenoxy) is 1. The Kier molecular flexibility index (Phi) is 12.6. The molecule has 0 spiro atoms. The van der Waals surface area contributed by atoms with Crippen molar-refractivity contribution in [1.82, 2.24) is 9.97 Å². The first-order valence-electron chi connectivity index (χ1n) is 16.1. The van der Waals surface area contributed by atoms with Crippen LogP contribution < -0.4 is 0 Å². The topological polar surface area (TPSA) is 52.1 Å². The molecule has 0 radical (unpaired) electrons. The van der Waals surface area contributed by atoms with Crippen molar-refractivity contribution in [3.63, 3.8) is 0 Å². The monoisotopic (exact) mass is 594 g/mol. The SMILES string of the molecule is CCCCCC[C@@H](OC(=O)c1ccc(-c2ncc(-c3ccc(CCCCCCC4CCCC4)cc3)cn2)cc1)C(F)(F)F. The summed E-state index contributed by atoms with van der Waals surface area (Å²) >= 11 is 0. The summed E-state index contributed by atoms with van der Waals surface area (Å²) in [6, 6.07) is 14.7. The molecular weight excluding hydrogens is 549 g/mol. The van der Waals surface area contributed by atoms with Crippen molar-refractivity contribution < 1.29 is 22.7 Å². The zero-order valence-electron chi connectivity index (χ0n) is 25.4. The molecule has 1 fully saturated rings. The van der Waals surface area contributed by atoms with Crippen molar-refractivity contribution in [2.24, 2.45) is 5.92 Å². The first kappa shape index (κ1) is 32.7. The van der Waals surface area contributed by atoms with Crippen LogP contribution in [-0.2, 0) is 11.2 Å². The average Bonchev–Trinajstić information content (AvgIpc) is 3.54. The number of carbonyl (C=O) groups excluding carboxylic acids is 1. The Balaban J connectivity index is 1.25. The summed E-state index contributed by atoms with van der Waals surface area (Å²) < 4.78 is 45.1. The Morgan fingerprint density at radius 1 is 0.814 bits per heavy atom. The standard InChI is InChI=1S/C36H45F3N2O2/c1-2-3-4-9-16-33(36(37,38)39)43-35(42)31-23-21-30(22-24-31)34-40-25-32(26-41-34)29-19-17-28(18-20-29)13-8-6-5-7-12-27-14-10-11-15-27/h17-27,33H,2-16H2,1H3/t33-/m1/s1. The second kappa shape index (κ2) is 16.6. The van der Waals surface area contributed by atoms with E-state index in [1.807, 2.05) is 6.92 Å². The van der Waals surface area contributed by atoms with E-state index in [0.29, 0.717) is 24.2 Å². The molecule has 0 saturated heterocycles. The zero-order chi connectivity index (χ0) is 30.5. The molecule has 2 aromatic carbocycles. The fourth-order valence-corrected chi connectivity index (χ4v) is 5.90. The average molecular weight is 595 g/mol. The smallest absolute Gasteiger partial charge is 0.425 e. The molecule has 0 N–H and O–H groups in total. The number of halogens is 3. The van der Waals surface area contributed by atoms with Crippen LogP contribution in [0.3, 0.4) is 0 Å². The minimum atomic E-state index is -4.59. The third-order valence-corrected chi connectivity index (χ3v) is 8.55. The Morgan fingerprint density at radius 3 is 2.09 bits per heavy atom. The van der Waals surface area contributed by atoms with Crippen molar-refractivity contribution in [3.8, 4) is 22.5 Å². The summed E-state index contributed by atoms with van der Waals surface area (Å²) in [4.78, 5) is 21.4. The van der Waals surface area contributed by atoms with Gasteiger partial charge in [0.1, 0.15) is 0 Å². The molecule has 0 bridgehead atoms. The minimum absolute atomic E-state index is 0.0624. The lowest BCUT2D eigenvalue weighted by molar-refractivity contribution is -0.206. The van der Waals surface area contributed by atoms with Crippen LogP contribution in [0.2, 0.25) is 0 Å². The Bertz CT molecular complexity index is 1240. The van der Waals surface area contributed by atoms with E-state index in [0.717, 1.165) is 36.3 Å². The van der Waals surface area contributed by atoms with E-state index in [2.05, 4.69) is 34.2 Å². The van der Waals surface area contributed by atoms with E-state index < -0.39 is 18.2 Å². The molecule has 1 heterocycles. The number of rotatable bonds is 16. The van der Waals surface area contributed by atoms with Crippen molar-refractivity contribution in [2.75, 3.05) is 0 Å². The summed E-state index contributed by atoms with van der Waals surface area (Å²) in [5.41, 5.74) is 4.01. The molecular formula is C36H45F3N2O2. The van der Waals surface area contributed by atoms with Gasteiger partial charge in [-0.15, -0.1) is 0 Å². The molecule has 3 aromatic rings. The van der Waals surface area contributed by atoms with Gasteiger partial charge in [0.25, 0.3) is 0 Å². The molecule has 7 heteroatoms. The lowest BCUT2D eigenvalue weighted by Gasteiger charge is -2.20. The van der Waals surface area contributed by atoms with Crippen molar-refractivity contribution >= 4 is 5.97 Å². The normalized spacial score (nSPS) is 14.6. The lowest BCUT2D eigenvalue weighted by Crippen LogP contribution is -2.33. The van der Waals surface area contributed by atoms with Crippen LogP contribution in [0, 0.1) is 5.92 Å². The van der Waals surface area contributed by atoms with Crippen LogP contribution in [0.25, 0.3) is 22.5 Å². The molecule has 1 aromatic heterocycles. The third-order valence-electron chi connectivity index (χ3n) is 8.55. The number of benzene rings is 2. The van der Waals surface area contributed by atoms with Gasteiger partial charge in [0, 0.05) is 23.5 Å². The van der Waals surface area contributed by atoms with Crippen LogP contribution in [0.5, 0.6) is 0 Å². The molecule has 43 heavy (non-hydrogen) atoms. The van der Waals surface area contributed by atoms with Gasteiger partial charge >= 0.3 is 12.1 Å². The third kappa shape index (κ3) is 10.5. The van der Waals surface area contributed by atoms with E-state index in [1.165, 1.54) is 75.5 Å². The van der Waals surface area contributed by atoms with Gasteiger partial charge < -0.3 is 4.74 Å². The molecule has 1 saturated carbocycles. The Labute approximate surface area is 254 Å². The van der Waals surface area contributed by atoms with Gasteiger partial charge in [-0.05, 0) is 54.9 Å². The second-order valence-electron chi connectivity index (χ2n) is 12.0. The molecule has 0 aliphatic heterocycles. The number of nitrogens with zero attached hydrogens (tertiary/aromatic N) is 2. The van der Waals surface area contributed by atoms with E-state index in [9.17, 15) is 18.0 Å². The summed E-state index contributed by atoms with van der Waals surface area (Å²) in [5.74, 6) is 0.482. The van der Waals surface area contributed by atoms with Crippen molar-refractivity contribution in [2.45, 2.75) is 116 Å². The van der Waals surface area contributed by atoms with Gasteiger partial charge in [-0.3, -0.25) is 0 Å². The first-order chi connectivity index (χ1) is 20.8. The highest BCUT2D eigenvalue weighted by Gasteiger charge is 2.42. The van der Waals surface area contributed by atoms with Gasteiger partial charge in [-0.1, -0.05) is 114 Å². The largest absolute Gasteiger partial charge is 0.449 e. The number of alkyl halides is 3. The maximum absolute atomic E-state index is 13.4. The lowest BCUT2D eigenvalue weighted by atomic mass is 9.98. The van der Waals surface area contributed by atoms with Crippen LogP contribution in [-0.4, -0.2) is 28.2 Å². The number of unbranched alkanes of at least 4 members (excludes halogenated alkanes) is 6. The maximum atomic E-state index is 13.4. The van der Waals surface area contributed by atoms with Gasteiger partial charge in [-0.2, -0.15) is 13.2 Å². The summed E-state index contributed by atoms with van der Waals surface area (Å²) in [6.45, 7) is 1.99. The minimum Gasteiger partial charge on any atom is -0.449 e. The molecule has 1 atom stereocenters. The number of aryl methyl sites for hydroxylation is 1. The number of esters is 1. The first-order valence-corrected chi connectivity index (χ1v) is 16.1. The number of hydrogen-bond donors (Lipinski definition) is 0. The Hall–Kier alpha value is -3.22. The van der Waals surface area contributed by atoms with E-state index in [4.69, 9.17) is 4.74 Å². The van der Waals surface area contributed by atoms with E-state index in [1.54, 1.807) is 24.5 Å². The van der Waals surface area contributed by atoms with E-state index in [-0.39, 0.29) is 12.0 Å². The molecule has 1 aliphatic carbocycles. The fraction of sp³-hybridized carbons (Fsp3) is 0.528. The molecule has 4 rings (SSSR count). The van der Waals surface area contributed by atoms with Crippen LogP contribution in [0.4, 0.5) is 13.2 Å². The number of aromatic nitrogens is 2. The molecule has 232 valence electrons. The fourth-order valence-electron chi connectivity index (χ4n) is 5.90. The molecule has 0 amide bonds. The summed E-state index contributed by atoms with van der Waals surface area (Å²) in [6.07, 6.45) is 12.9. The summed E-state index contributed by atoms with van der Waals surface area (Å²) in [5, 5.41) is 0. The molecule has 4 nitrogen and oxygen atoms in total. The van der Waals surface area contributed by atoms with Gasteiger partial charge in [-0.25, -0.2) is 14.8 Å². The number of hydrogen-bond acceptors (Lipinski definition) is 4. The highest BCUT2D eigenvalue weighted by Crippen LogP contribution is 2.30. The molecule has 1 aliphatic rings. The number of carbonyl (C=O) groups is 1.